The van der Waals surface area contributed by atoms with Crippen molar-refractivity contribution in [2.75, 3.05) is 31.5 Å². The number of alkyl halides is 3. The predicted molar refractivity (Wildman–Crippen MR) is 152 cm³/mol. The molecular weight excluding hydrogens is 549 g/mol. The van der Waals surface area contributed by atoms with Crippen LogP contribution in [0.1, 0.15) is 43.7 Å². The van der Waals surface area contributed by atoms with E-state index in [0.717, 1.165) is 56.5 Å². The second-order valence-electron chi connectivity index (χ2n) is 10.8. The average molecular weight is 585 g/mol. The Bertz CT molecular complexity index is 1380. The van der Waals surface area contributed by atoms with E-state index in [4.69, 9.17) is 4.74 Å². The van der Waals surface area contributed by atoms with E-state index in [1.54, 1.807) is 0 Å². The molecule has 1 saturated heterocycles. The number of rotatable bonds is 9. The number of anilines is 1. The van der Waals surface area contributed by atoms with Crippen molar-refractivity contribution in [2.24, 2.45) is 0 Å². The molecule has 2 aromatic carbocycles. The summed E-state index contributed by atoms with van der Waals surface area (Å²) in [6.07, 6.45) is 0.227. The minimum absolute atomic E-state index is 0.0103. The molecule has 5 rings (SSSR count). The Morgan fingerprint density at radius 1 is 1.05 bits per heavy atom. The summed E-state index contributed by atoms with van der Waals surface area (Å²) in [5.41, 5.74) is 0.519. The van der Waals surface area contributed by atoms with E-state index in [2.05, 4.69) is 25.5 Å². The number of hydrogen-bond donors (Lipinski definition) is 2. The number of carbonyl (C=O) groups is 2. The highest BCUT2D eigenvalue weighted by molar-refractivity contribution is 5.91. The number of halogens is 3. The second-order valence-corrected chi connectivity index (χ2v) is 10.8. The first-order valence-electron chi connectivity index (χ1n) is 14.3. The molecule has 2 amide bonds. The highest BCUT2D eigenvalue weighted by Gasteiger charge is 2.37. The molecule has 0 unspecified atom stereocenters. The Morgan fingerprint density at radius 2 is 1.79 bits per heavy atom. The molecule has 2 fully saturated rings. The van der Waals surface area contributed by atoms with Gasteiger partial charge in [0.05, 0.1) is 23.7 Å². The van der Waals surface area contributed by atoms with E-state index in [1.165, 1.54) is 12.4 Å². The Hall–Kier alpha value is -3.93. The lowest BCUT2D eigenvalue weighted by molar-refractivity contribution is -0.137. The molecule has 2 aliphatic rings. The standard InChI is InChI=1S/C30H35F3N6O3/c1-2-39(29(41)42-18-20-6-4-3-5-7-20)24-11-9-23(10-12-24)38-16-22(17-38)37-27(40)15-34-28-25-14-21(30(31,32)33)8-13-26(25)35-19-36-28/h3-8,13-14,19,22-24H,2,9-12,15-18H2,1H3,(H,37,40)(H,34,35,36)/t23-,24+. The summed E-state index contributed by atoms with van der Waals surface area (Å²) in [6, 6.07) is 13.5. The van der Waals surface area contributed by atoms with E-state index in [1.807, 2.05) is 42.2 Å². The van der Waals surface area contributed by atoms with E-state index < -0.39 is 11.7 Å². The van der Waals surface area contributed by atoms with Gasteiger partial charge in [-0.15, -0.1) is 0 Å². The van der Waals surface area contributed by atoms with Crippen LogP contribution in [-0.4, -0.2) is 76.1 Å². The smallest absolute Gasteiger partial charge is 0.416 e. The summed E-state index contributed by atoms with van der Waals surface area (Å²) in [5.74, 6) is -0.0759. The van der Waals surface area contributed by atoms with Crippen LogP contribution >= 0.6 is 0 Å². The normalized spacial score (nSPS) is 19.6. The van der Waals surface area contributed by atoms with Crippen LogP contribution in [0.5, 0.6) is 0 Å². The van der Waals surface area contributed by atoms with Gasteiger partial charge in [-0.25, -0.2) is 14.8 Å². The van der Waals surface area contributed by atoms with E-state index in [0.29, 0.717) is 18.1 Å². The molecule has 2 N–H and O–H groups in total. The first-order chi connectivity index (χ1) is 20.2. The number of fused-ring (bicyclic) bond motifs is 1. The van der Waals surface area contributed by atoms with Crippen molar-refractivity contribution in [1.82, 2.24) is 25.1 Å². The van der Waals surface area contributed by atoms with Gasteiger partial charge in [0.1, 0.15) is 18.8 Å². The van der Waals surface area contributed by atoms with Crippen molar-refractivity contribution < 1.29 is 27.5 Å². The van der Waals surface area contributed by atoms with Crippen LogP contribution in [0.2, 0.25) is 0 Å². The second kappa shape index (κ2) is 12.9. The van der Waals surface area contributed by atoms with Gasteiger partial charge in [0, 0.05) is 37.1 Å². The molecule has 0 atom stereocenters. The predicted octanol–water partition coefficient (Wildman–Crippen LogP) is 4.83. The van der Waals surface area contributed by atoms with E-state index in [-0.39, 0.29) is 48.4 Å². The molecule has 1 aliphatic carbocycles. The molecule has 2 heterocycles. The quantitative estimate of drug-likeness (QED) is 0.372. The molecule has 1 aromatic heterocycles. The van der Waals surface area contributed by atoms with Crippen LogP contribution in [0.15, 0.2) is 54.9 Å². The molecule has 3 aromatic rings. The van der Waals surface area contributed by atoms with E-state index >= 15 is 0 Å². The zero-order valence-corrected chi connectivity index (χ0v) is 23.4. The van der Waals surface area contributed by atoms with Gasteiger partial charge in [-0.05, 0) is 56.4 Å². The summed E-state index contributed by atoms with van der Waals surface area (Å²) >= 11 is 0. The van der Waals surface area contributed by atoms with Gasteiger partial charge in [-0.3, -0.25) is 9.69 Å². The van der Waals surface area contributed by atoms with Crippen LogP contribution < -0.4 is 10.6 Å². The molecule has 0 spiro atoms. The fraction of sp³-hybridized carbons (Fsp3) is 0.467. The van der Waals surface area contributed by atoms with Crippen molar-refractivity contribution in [3.63, 3.8) is 0 Å². The highest BCUT2D eigenvalue weighted by Crippen LogP contribution is 2.33. The van der Waals surface area contributed by atoms with Crippen LogP contribution in [0, 0.1) is 0 Å². The van der Waals surface area contributed by atoms with Crippen molar-refractivity contribution in [3.8, 4) is 0 Å². The van der Waals surface area contributed by atoms with Gasteiger partial charge in [0.15, 0.2) is 0 Å². The van der Waals surface area contributed by atoms with Crippen molar-refractivity contribution in [1.29, 1.82) is 0 Å². The van der Waals surface area contributed by atoms with Crippen LogP contribution in [-0.2, 0) is 22.3 Å². The maximum Gasteiger partial charge on any atom is 0.416 e. The van der Waals surface area contributed by atoms with Gasteiger partial charge >= 0.3 is 12.3 Å². The molecule has 224 valence electrons. The number of nitrogens with one attached hydrogen (secondary N) is 2. The van der Waals surface area contributed by atoms with Gasteiger partial charge < -0.3 is 20.3 Å². The monoisotopic (exact) mass is 584 g/mol. The highest BCUT2D eigenvalue weighted by atomic mass is 19.4. The van der Waals surface area contributed by atoms with Gasteiger partial charge in [-0.1, -0.05) is 30.3 Å². The number of likely N-dealkylation sites (tertiary alicyclic amines) is 1. The maximum absolute atomic E-state index is 13.2. The van der Waals surface area contributed by atoms with E-state index in [9.17, 15) is 22.8 Å². The van der Waals surface area contributed by atoms with Crippen molar-refractivity contribution in [3.05, 3.63) is 66.0 Å². The molecule has 1 aliphatic heterocycles. The lowest BCUT2D eigenvalue weighted by Gasteiger charge is -2.47. The maximum atomic E-state index is 13.2. The minimum atomic E-state index is -4.49. The summed E-state index contributed by atoms with van der Waals surface area (Å²) in [6.45, 7) is 4.20. The number of amides is 2. The Kier molecular flexibility index (Phi) is 9.10. The minimum Gasteiger partial charge on any atom is -0.445 e. The molecule has 9 nitrogen and oxygen atoms in total. The SMILES string of the molecule is CCN(C(=O)OCc1ccccc1)[C@H]1CC[C@@H](N2CC(NC(=O)CNc3ncnc4ccc(C(F)(F)F)cc34)C2)CC1. The Labute approximate surface area is 242 Å². The third-order valence-corrected chi connectivity index (χ3v) is 8.06. The van der Waals surface area contributed by atoms with Crippen LogP contribution in [0.3, 0.4) is 0 Å². The zero-order valence-electron chi connectivity index (χ0n) is 23.4. The molecule has 42 heavy (non-hydrogen) atoms. The lowest BCUT2D eigenvalue weighted by Crippen LogP contribution is -2.63. The summed E-state index contributed by atoms with van der Waals surface area (Å²) in [5, 5.41) is 6.04. The molecular formula is C30H35F3N6O3. The number of carbonyl (C=O) groups excluding carboxylic acids is 2. The molecule has 0 bridgehead atoms. The fourth-order valence-corrected chi connectivity index (χ4v) is 5.79. The summed E-state index contributed by atoms with van der Waals surface area (Å²) < 4.78 is 45.0. The third-order valence-electron chi connectivity index (χ3n) is 8.06. The summed E-state index contributed by atoms with van der Waals surface area (Å²) in [7, 11) is 0. The van der Waals surface area contributed by atoms with Crippen molar-refractivity contribution >= 4 is 28.7 Å². The number of nitrogens with zero attached hydrogens (tertiary/aromatic N) is 4. The van der Waals surface area contributed by atoms with Crippen molar-refractivity contribution in [2.45, 2.75) is 63.5 Å². The zero-order chi connectivity index (χ0) is 29.7. The Balaban J connectivity index is 1.04. The topological polar surface area (TPSA) is 99.7 Å². The first kappa shape index (κ1) is 29.6. The van der Waals surface area contributed by atoms with Gasteiger partial charge in [-0.2, -0.15) is 13.2 Å². The lowest BCUT2D eigenvalue weighted by atomic mass is 9.87. The summed E-state index contributed by atoms with van der Waals surface area (Å²) in [4.78, 5) is 37.5. The Morgan fingerprint density at radius 3 is 2.48 bits per heavy atom. The largest absolute Gasteiger partial charge is 0.445 e. The molecule has 12 heteroatoms. The molecule has 0 radical (unpaired) electrons. The average Bonchev–Trinajstić information content (AvgIpc) is 2.97. The van der Waals surface area contributed by atoms with Gasteiger partial charge in [0.2, 0.25) is 5.91 Å². The third kappa shape index (κ3) is 7.10. The fourth-order valence-electron chi connectivity index (χ4n) is 5.79. The number of benzene rings is 2. The number of aromatic nitrogens is 2. The van der Waals surface area contributed by atoms with Crippen LogP contribution in [0.4, 0.5) is 23.8 Å². The van der Waals surface area contributed by atoms with Gasteiger partial charge in [0.25, 0.3) is 0 Å². The van der Waals surface area contributed by atoms with Crippen LogP contribution in [0.25, 0.3) is 10.9 Å². The number of ether oxygens (including phenoxy) is 1. The number of hydrogen-bond acceptors (Lipinski definition) is 7. The first-order valence-corrected chi connectivity index (χ1v) is 14.3. The molecule has 1 saturated carbocycles.